The van der Waals surface area contributed by atoms with Crippen molar-refractivity contribution < 1.29 is 19.0 Å². The van der Waals surface area contributed by atoms with Crippen LogP contribution in [0.4, 0.5) is 0 Å². The molecule has 0 amide bonds. The topological polar surface area (TPSA) is 44.8 Å². The lowest BCUT2D eigenvalue weighted by atomic mass is 10.2. The lowest BCUT2D eigenvalue weighted by Gasteiger charge is -2.18. The summed E-state index contributed by atoms with van der Waals surface area (Å²) >= 11 is 6.27. The van der Waals surface area contributed by atoms with Gasteiger partial charge in [0.2, 0.25) is 0 Å². The highest BCUT2D eigenvalue weighted by Crippen LogP contribution is 2.55. The second-order valence-corrected chi connectivity index (χ2v) is 6.50. The fourth-order valence-corrected chi connectivity index (χ4v) is 3.49. The van der Waals surface area contributed by atoms with Gasteiger partial charge in [-0.15, -0.1) is 11.6 Å². The predicted octanol–water partition coefficient (Wildman–Crippen LogP) is 3.07. The predicted molar refractivity (Wildman–Crippen MR) is 88.5 cm³/mol. The van der Waals surface area contributed by atoms with Crippen LogP contribution in [0, 0.1) is 0 Å². The number of hydrogen-bond donors (Lipinski definition) is 0. The summed E-state index contributed by atoms with van der Waals surface area (Å²) in [5.41, 5.74) is 1.18. The van der Waals surface area contributed by atoms with E-state index in [-0.39, 0.29) is 6.10 Å². The average Bonchev–Trinajstić information content (AvgIpc) is 3.16. The van der Waals surface area contributed by atoms with Gasteiger partial charge in [-0.1, -0.05) is 60.7 Å². The molecular weight excluding hydrogens is 328 g/mol. The smallest absolute Gasteiger partial charge is 0.327 e. The number of fused-ring (bicyclic) bond motifs is 1. The molecule has 4 rings (SSSR count). The van der Waals surface area contributed by atoms with Gasteiger partial charge in [-0.25, -0.2) is 0 Å². The van der Waals surface area contributed by atoms with Crippen molar-refractivity contribution in [1.82, 2.24) is 0 Å². The molecule has 1 saturated heterocycles. The zero-order valence-corrected chi connectivity index (χ0v) is 13.7. The van der Waals surface area contributed by atoms with E-state index in [0.29, 0.717) is 13.2 Å². The molecule has 5 heteroatoms. The van der Waals surface area contributed by atoms with Crippen LogP contribution >= 0.6 is 11.6 Å². The van der Waals surface area contributed by atoms with E-state index in [9.17, 15) is 4.79 Å². The fourth-order valence-electron chi connectivity index (χ4n) is 3.13. The van der Waals surface area contributed by atoms with E-state index < -0.39 is 23.1 Å². The van der Waals surface area contributed by atoms with E-state index in [0.717, 1.165) is 11.1 Å². The van der Waals surface area contributed by atoms with Crippen molar-refractivity contribution in [2.24, 2.45) is 0 Å². The lowest BCUT2D eigenvalue weighted by molar-refractivity contribution is -0.144. The quantitative estimate of drug-likeness (QED) is 0.597. The molecule has 2 aromatic carbocycles. The molecule has 1 aliphatic carbocycles. The Bertz CT molecular complexity index is 721. The Hall–Kier alpha value is -1.88. The standard InChI is InChI=1S/C19H17ClO4/c20-15-18(21)24-17-16(22-11-13-7-3-1-4-8-13)19(15,17)23-12-14-9-5-2-6-10-14/h1-10,15-17H,11-12H2/t15-,16?,17+,19+/m0/s1. The molecule has 24 heavy (non-hydrogen) atoms. The van der Waals surface area contributed by atoms with E-state index in [2.05, 4.69) is 0 Å². The maximum Gasteiger partial charge on any atom is 0.327 e. The first kappa shape index (κ1) is 15.6. The molecule has 0 bridgehead atoms. The van der Waals surface area contributed by atoms with Crippen molar-refractivity contribution in [3.05, 3.63) is 71.8 Å². The van der Waals surface area contributed by atoms with Gasteiger partial charge in [0.15, 0.2) is 17.1 Å². The third-order valence-electron chi connectivity index (χ3n) is 4.51. The first-order chi connectivity index (χ1) is 11.7. The summed E-state index contributed by atoms with van der Waals surface area (Å²) in [6.45, 7) is 0.794. The van der Waals surface area contributed by atoms with Crippen LogP contribution in [0.5, 0.6) is 0 Å². The molecule has 4 atom stereocenters. The second kappa shape index (κ2) is 6.20. The van der Waals surface area contributed by atoms with E-state index >= 15 is 0 Å². The van der Waals surface area contributed by atoms with Crippen LogP contribution in [0.3, 0.4) is 0 Å². The van der Waals surface area contributed by atoms with E-state index in [1.54, 1.807) is 0 Å². The van der Waals surface area contributed by atoms with Gasteiger partial charge in [-0.3, -0.25) is 4.79 Å². The van der Waals surface area contributed by atoms with Crippen molar-refractivity contribution in [1.29, 1.82) is 0 Å². The summed E-state index contributed by atoms with van der Waals surface area (Å²) in [5.74, 6) is -0.436. The first-order valence-electron chi connectivity index (χ1n) is 7.90. The van der Waals surface area contributed by atoms with Crippen molar-refractivity contribution >= 4 is 17.6 Å². The number of esters is 1. The maximum absolute atomic E-state index is 11.8. The van der Waals surface area contributed by atoms with Gasteiger partial charge in [-0.05, 0) is 11.1 Å². The van der Waals surface area contributed by atoms with Crippen molar-refractivity contribution in [3.8, 4) is 0 Å². The summed E-state index contributed by atoms with van der Waals surface area (Å²) < 4.78 is 17.3. The number of rotatable bonds is 6. The number of ether oxygens (including phenoxy) is 3. The Balaban J connectivity index is 1.44. The molecule has 1 heterocycles. The SMILES string of the molecule is O=C1O[C@@H]2C(OCc3ccccc3)[C@]2(OCc2ccccc2)[C@H]1Cl. The Morgan fingerprint density at radius 2 is 1.54 bits per heavy atom. The molecule has 0 spiro atoms. The van der Waals surface area contributed by atoms with Gasteiger partial charge in [0.1, 0.15) is 6.10 Å². The molecular formula is C19H17ClO4. The van der Waals surface area contributed by atoms with Gasteiger partial charge in [0, 0.05) is 0 Å². The summed E-state index contributed by atoms with van der Waals surface area (Å²) in [6, 6.07) is 19.6. The van der Waals surface area contributed by atoms with Crippen LogP contribution in [0.15, 0.2) is 60.7 Å². The summed E-state index contributed by atoms with van der Waals surface area (Å²) in [4.78, 5) is 11.8. The zero-order chi connectivity index (χ0) is 16.6. The summed E-state index contributed by atoms with van der Waals surface area (Å²) in [6.07, 6.45) is -0.762. The second-order valence-electron chi connectivity index (χ2n) is 6.07. The molecule has 2 aliphatic rings. The van der Waals surface area contributed by atoms with Gasteiger partial charge in [0.25, 0.3) is 0 Å². The molecule has 2 aromatic rings. The highest BCUT2D eigenvalue weighted by molar-refractivity contribution is 6.32. The van der Waals surface area contributed by atoms with Crippen molar-refractivity contribution in [2.75, 3.05) is 0 Å². The molecule has 1 saturated carbocycles. The Labute approximate surface area is 145 Å². The van der Waals surface area contributed by atoms with Crippen molar-refractivity contribution in [2.45, 2.75) is 36.4 Å². The number of carbonyl (C=O) groups excluding carboxylic acids is 1. The van der Waals surface area contributed by atoms with Gasteiger partial charge < -0.3 is 14.2 Å². The van der Waals surface area contributed by atoms with Crippen LogP contribution in [-0.4, -0.2) is 29.2 Å². The Kier molecular flexibility index (Phi) is 4.04. The highest BCUT2D eigenvalue weighted by atomic mass is 35.5. The van der Waals surface area contributed by atoms with Gasteiger partial charge in [-0.2, -0.15) is 0 Å². The molecule has 4 nitrogen and oxygen atoms in total. The van der Waals surface area contributed by atoms with E-state index in [1.807, 2.05) is 60.7 Å². The van der Waals surface area contributed by atoms with E-state index in [1.165, 1.54) is 0 Å². The van der Waals surface area contributed by atoms with Crippen LogP contribution < -0.4 is 0 Å². The minimum atomic E-state index is -0.886. The first-order valence-corrected chi connectivity index (χ1v) is 8.33. The van der Waals surface area contributed by atoms with Gasteiger partial charge in [0.05, 0.1) is 13.2 Å². The van der Waals surface area contributed by atoms with E-state index in [4.69, 9.17) is 25.8 Å². The van der Waals surface area contributed by atoms with Crippen molar-refractivity contribution in [3.63, 3.8) is 0 Å². The summed E-state index contributed by atoms with van der Waals surface area (Å²) in [7, 11) is 0. The number of carbonyl (C=O) groups is 1. The van der Waals surface area contributed by atoms with Crippen LogP contribution in [0.2, 0.25) is 0 Å². The average molecular weight is 345 g/mol. The number of hydrogen-bond acceptors (Lipinski definition) is 4. The molecule has 1 aliphatic heterocycles. The lowest BCUT2D eigenvalue weighted by Crippen LogP contribution is -2.35. The Morgan fingerprint density at radius 3 is 2.17 bits per heavy atom. The normalized spacial score (nSPS) is 30.7. The maximum atomic E-state index is 11.8. The summed E-state index contributed by atoms with van der Waals surface area (Å²) in [5, 5.41) is -0.841. The molecule has 2 fully saturated rings. The minimum Gasteiger partial charge on any atom is -0.455 e. The minimum absolute atomic E-state index is 0.332. The molecule has 1 unspecified atom stereocenters. The van der Waals surface area contributed by atoms with Crippen LogP contribution in [-0.2, 0) is 32.2 Å². The molecule has 124 valence electrons. The molecule has 0 radical (unpaired) electrons. The largest absolute Gasteiger partial charge is 0.455 e. The number of halogens is 1. The zero-order valence-electron chi connectivity index (χ0n) is 12.9. The number of alkyl halides is 1. The van der Waals surface area contributed by atoms with Gasteiger partial charge >= 0.3 is 5.97 Å². The molecule has 0 aromatic heterocycles. The highest BCUT2D eigenvalue weighted by Gasteiger charge is 2.80. The van der Waals surface area contributed by atoms with Crippen LogP contribution in [0.1, 0.15) is 11.1 Å². The third kappa shape index (κ3) is 2.61. The van der Waals surface area contributed by atoms with Crippen LogP contribution in [0.25, 0.3) is 0 Å². The third-order valence-corrected chi connectivity index (χ3v) is 5.02. The fraction of sp³-hybridized carbons (Fsp3) is 0.316. The molecule has 0 N–H and O–H groups in total. The number of benzene rings is 2. The monoisotopic (exact) mass is 344 g/mol. The Morgan fingerprint density at radius 1 is 0.958 bits per heavy atom.